The molecular weight excluding hydrogens is 510 g/mol. The van der Waals surface area contributed by atoms with E-state index in [1.165, 1.54) is 0 Å². The Labute approximate surface area is 233 Å². The lowest BCUT2D eigenvalue weighted by Gasteiger charge is -2.28. The molecule has 40 heavy (non-hydrogen) atoms. The SMILES string of the molecule is Cc1ccc(NC(=O)c2oc3ccc(C(=O)N4CCCC4)cc3c2NC(=O)C2CCC(C(=O)N(C)C)CC2)nc1. The predicted octanol–water partition coefficient (Wildman–Crippen LogP) is 4.46. The van der Waals surface area contributed by atoms with Crippen LogP contribution in [0.15, 0.2) is 40.9 Å². The predicted molar refractivity (Wildman–Crippen MR) is 151 cm³/mol. The van der Waals surface area contributed by atoms with E-state index >= 15 is 0 Å². The van der Waals surface area contributed by atoms with Crippen molar-refractivity contribution in [3.63, 3.8) is 0 Å². The summed E-state index contributed by atoms with van der Waals surface area (Å²) in [5, 5.41) is 6.17. The van der Waals surface area contributed by atoms with Crippen LogP contribution in [0.2, 0.25) is 0 Å². The minimum Gasteiger partial charge on any atom is -0.449 e. The number of rotatable bonds is 6. The van der Waals surface area contributed by atoms with Crippen molar-refractivity contribution in [2.45, 2.75) is 45.4 Å². The highest BCUT2D eigenvalue weighted by Gasteiger charge is 2.32. The number of anilines is 2. The molecule has 0 spiro atoms. The molecule has 0 atom stereocenters. The van der Waals surface area contributed by atoms with E-state index in [0.717, 1.165) is 18.4 Å². The maximum atomic E-state index is 13.5. The van der Waals surface area contributed by atoms with Crippen LogP contribution in [0.25, 0.3) is 11.0 Å². The van der Waals surface area contributed by atoms with E-state index in [4.69, 9.17) is 4.42 Å². The van der Waals surface area contributed by atoms with E-state index in [-0.39, 0.29) is 41.0 Å². The fourth-order valence-corrected chi connectivity index (χ4v) is 5.53. The van der Waals surface area contributed by atoms with Crippen LogP contribution in [-0.4, -0.2) is 65.6 Å². The second kappa shape index (κ2) is 11.5. The maximum Gasteiger partial charge on any atom is 0.294 e. The number of furan rings is 1. The van der Waals surface area contributed by atoms with Gasteiger partial charge in [0, 0.05) is 56.2 Å². The quantitative estimate of drug-likeness (QED) is 0.471. The lowest BCUT2D eigenvalue weighted by Crippen LogP contribution is -2.35. The van der Waals surface area contributed by atoms with Gasteiger partial charge in [0.25, 0.3) is 11.8 Å². The first-order valence-corrected chi connectivity index (χ1v) is 13.8. The van der Waals surface area contributed by atoms with E-state index in [1.807, 2.05) is 17.9 Å². The summed E-state index contributed by atoms with van der Waals surface area (Å²) >= 11 is 0. The monoisotopic (exact) mass is 545 g/mol. The van der Waals surface area contributed by atoms with Gasteiger partial charge in [-0.2, -0.15) is 0 Å². The number of nitrogens with one attached hydrogen (secondary N) is 2. The Balaban J connectivity index is 1.43. The molecule has 4 amide bonds. The zero-order valence-corrected chi connectivity index (χ0v) is 23.2. The molecule has 2 aromatic heterocycles. The smallest absolute Gasteiger partial charge is 0.294 e. The van der Waals surface area contributed by atoms with Crippen molar-refractivity contribution < 1.29 is 23.6 Å². The average Bonchev–Trinajstić information content (AvgIpc) is 3.62. The Hall–Kier alpha value is -4.21. The van der Waals surface area contributed by atoms with Gasteiger partial charge in [0.2, 0.25) is 17.6 Å². The minimum absolute atomic E-state index is 0.0621. The van der Waals surface area contributed by atoms with Crippen LogP contribution in [-0.2, 0) is 9.59 Å². The molecule has 1 saturated carbocycles. The number of carbonyl (C=O) groups is 4. The lowest BCUT2D eigenvalue weighted by atomic mass is 9.81. The number of hydrogen-bond donors (Lipinski definition) is 2. The molecule has 210 valence electrons. The lowest BCUT2D eigenvalue weighted by molar-refractivity contribution is -0.135. The van der Waals surface area contributed by atoms with Gasteiger partial charge >= 0.3 is 0 Å². The third-order valence-electron chi connectivity index (χ3n) is 7.82. The zero-order chi connectivity index (χ0) is 28.4. The van der Waals surface area contributed by atoms with Crippen LogP contribution in [0.4, 0.5) is 11.5 Å². The fourth-order valence-electron chi connectivity index (χ4n) is 5.53. The molecule has 1 aromatic carbocycles. The van der Waals surface area contributed by atoms with Crippen LogP contribution < -0.4 is 10.6 Å². The van der Waals surface area contributed by atoms with Gasteiger partial charge in [0.15, 0.2) is 0 Å². The van der Waals surface area contributed by atoms with E-state index in [9.17, 15) is 19.2 Å². The van der Waals surface area contributed by atoms with E-state index in [0.29, 0.717) is 61.1 Å². The summed E-state index contributed by atoms with van der Waals surface area (Å²) in [4.78, 5) is 59.9. The molecule has 0 radical (unpaired) electrons. The standard InChI is InChI=1S/C30H35N5O5/c1-18-6-13-24(31-17-18)32-28(37)26-25(33-27(36)19-7-9-20(10-8-19)29(38)34(2)3)22-16-21(11-12-23(22)40-26)30(39)35-14-4-5-15-35/h6,11-13,16-17,19-20H,4-5,7-10,14-15H2,1-3H3,(H,33,36)(H,31,32,37). The Kier molecular flexibility index (Phi) is 7.86. The van der Waals surface area contributed by atoms with Gasteiger partial charge in [0.05, 0.1) is 0 Å². The fraction of sp³-hybridized carbons (Fsp3) is 0.433. The van der Waals surface area contributed by atoms with Crippen molar-refractivity contribution in [3.8, 4) is 0 Å². The number of amides is 4. The van der Waals surface area contributed by atoms with Crippen LogP contribution in [0, 0.1) is 18.8 Å². The molecule has 3 heterocycles. The molecule has 1 aliphatic carbocycles. The van der Waals surface area contributed by atoms with Gasteiger partial charge in [-0.05, 0) is 75.3 Å². The Morgan fingerprint density at radius 1 is 0.950 bits per heavy atom. The van der Waals surface area contributed by atoms with E-state index in [1.54, 1.807) is 49.5 Å². The van der Waals surface area contributed by atoms with Crippen molar-refractivity contribution in [2.24, 2.45) is 11.8 Å². The summed E-state index contributed by atoms with van der Waals surface area (Å²) in [5.41, 5.74) is 2.04. The van der Waals surface area contributed by atoms with E-state index < -0.39 is 5.91 Å². The van der Waals surface area contributed by atoms with E-state index in [2.05, 4.69) is 15.6 Å². The van der Waals surface area contributed by atoms with Crippen LogP contribution in [0.3, 0.4) is 0 Å². The number of hydrogen-bond acceptors (Lipinski definition) is 6. The molecule has 2 N–H and O–H groups in total. The largest absolute Gasteiger partial charge is 0.449 e. The second-order valence-corrected chi connectivity index (χ2v) is 11.0. The van der Waals surface area contributed by atoms with Gasteiger partial charge in [-0.1, -0.05) is 6.07 Å². The van der Waals surface area contributed by atoms with Gasteiger partial charge in [0.1, 0.15) is 17.1 Å². The second-order valence-electron chi connectivity index (χ2n) is 11.0. The molecule has 10 heteroatoms. The molecule has 1 aliphatic heterocycles. The van der Waals surface area contributed by atoms with Crippen LogP contribution in [0.1, 0.15) is 65.0 Å². The van der Waals surface area contributed by atoms with Gasteiger partial charge in [-0.15, -0.1) is 0 Å². The van der Waals surface area contributed by atoms with Gasteiger partial charge in [-0.25, -0.2) is 4.98 Å². The van der Waals surface area contributed by atoms with Crippen molar-refractivity contribution in [1.82, 2.24) is 14.8 Å². The van der Waals surface area contributed by atoms with Crippen LogP contribution in [0.5, 0.6) is 0 Å². The normalized spacial score (nSPS) is 18.9. The highest BCUT2D eigenvalue weighted by atomic mass is 16.3. The number of fused-ring (bicyclic) bond motifs is 1. The van der Waals surface area contributed by atoms with Crippen LogP contribution >= 0.6 is 0 Å². The number of benzene rings is 1. The summed E-state index contributed by atoms with van der Waals surface area (Å²) in [7, 11) is 3.49. The van der Waals surface area contributed by atoms with Crippen molar-refractivity contribution in [1.29, 1.82) is 0 Å². The number of likely N-dealkylation sites (tertiary alicyclic amines) is 1. The molecular formula is C30H35N5O5. The van der Waals surface area contributed by atoms with Gasteiger partial charge < -0.3 is 24.9 Å². The number of nitrogens with zero attached hydrogens (tertiary/aromatic N) is 3. The topological polar surface area (TPSA) is 125 Å². The first-order valence-electron chi connectivity index (χ1n) is 13.8. The summed E-state index contributed by atoms with van der Waals surface area (Å²) in [6, 6.07) is 8.55. The number of aromatic nitrogens is 1. The molecule has 10 nitrogen and oxygen atoms in total. The summed E-state index contributed by atoms with van der Waals surface area (Å²) < 4.78 is 5.95. The highest BCUT2D eigenvalue weighted by Crippen LogP contribution is 2.35. The zero-order valence-electron chi connectivity index (χ0n) is 23.2. The molecule has 3 aromatic rings. The molecule has 5 rings (SSSR count). The number of carbonyl (C=O) groups excluding carboxylic acids is 4. The van der Waals surface area contributed by atoms with Crippen molar-refractivity contribution in [3.05, 3.63) is 53.4 Å². The first kappa shape index (κ1) is 27.4. The van der Waals surface area contributed by atoms with Gasteiger partial charge in [-0.3, -0.25) is 19.2 Å². The van der Waals surface area contributed by atoms with Crippen molar-refractivity contribution in [2.75, 3.05) is 37.8 Å². The Morgan fingerprint density at radius 2 is 1.65 bits per heavy atom. The Bertz CT molecular complexity index is 1430. The third kappa shape index (κ3) is 5.71. The summed E-state index contributed by atoms with van der Waals surface area (Å²) in [5.74, 6) is -0.908. The Morgan fingerprint density at radius 3 is 2.30 bits per heavy atom. The molecule has 1 saturated heterocycles. The maximum absolute atomic E-state index is 13.5. The summed E-state index contributed by atoms with van der Waals surface area (Å²) in [6.45, 7) is 3.32. The molecule has 0 unspecified atom stereocenters. The minimum atomic E-state index is -0.560. The number of aryl methyl sites for hydroxylation is 1. The molecule has 0 bridgehead atoms. The molecule has 2 aliphatic rings. The highest BCUT2D eigenvalue weighted by molar-refractivity contribution is 6.15. The average molecular weight is 546 g/mol. The molecule has 2 fully saturated rings. The van der Waals surface area contributed by atoms with Crippen molar-refractivity contribution >= 4 is 46.1 Å². The summed E-state index contributed by atoms with van der Waals surface area (Å²) in [6.07, 6.45) is 5.98. The third-order valence-corrected chi connectivity index (χ3v) is 7.82. The number of pyridine rings is 1. The first-order chi connectivity index (χ1) is 19.2.